The molecule has 8 heteroatoms. The highest BCUT2D eigenvalue weighted by atomic mass is 32.2. The van der Waals surface area contributed by atoms with Gasteiger partial charge >= 0.3 is 0 Å². The first-order valence-electron chi connectivity index (χ1n) is 12.1. The summed E-state index contributed by atoms with van der Waals surface area (Å²) in [5.74, 6) is 0.659. The van der Waals surface area contributed by atoms with Crippen LogP contribution in [0.3, 0.4) is 0 Å². The minimum atomic E-state index is -3.57. The molecule has 0 fully saturated rings. The van der Waals surface area contributed by atoms with Gasteiger partial charge in [0.1, 0.15) is 12.4 Å². The number of hydrogen-bond acceptors (Lipinski definition) is 5. The van der Waals surface area contributed by atoms with E-state index in [0.29, 0.717) is 36.5 Å². The standard InChI is InChI=1S/C29H29N3O4S/c33-29(22-9-6-10-23(17-22)32-37(34,35)20-21-7-2-1-3-8-21)19-30-15-16-36-24-13-14-26-25-11-4-5-12-27(25)31-28(26)18-24/h1-14,17-18,29-33H,15-16,19-20H2. The van der Waals surface area contributed by atoms with Gasteiger partial charge in [-0.1, -0.05) is 60.7 Å². The van der Waals surface area contributed by atoms with Crippen LogP contribution >= 0.6 is 0 Å². The molecule has 0 aliphatic heterocycles. The topological polar surface area (TPSA) is 103 Å². The Balaban J connectivity index is 1.10. The van der Waals surface area contributed by atoms with Crippen molar-refractivity contribution in [2.45, 2.75) is 11.9 Å². The van der Waals surface area contributed by atoms with Crippen molar-refractivity contribution in [1.29, 1.82) is 0 Å². The van der Waals surface area contributed by atoms with E-state index in [-0.39, 0.29) is 5.75 Å². The number of ether oxygens (including phenoxy) is 1. The van der Waals surface area contributed by atoms with Gasteiger partial charge in [0.05, 0.1) is 17.4 Å². The van der Waals surface area contributed by atoms with Crippen molar-refractivity contribution in [1.82, 2.24) is 10.3 Å². The smallest absolute Gasteiger partial charge is 0.236 e. The lowest BCUT2D eigenvalue weighted by Gasteiger charge is -2.15. The van der Waals surface area contributed by atoms with Gasteiger partial charge in [0.15, 0.2) is 0 Å². The Kier molecular flexibility index (Phi) is 7.41. The van der Waals surface area contributed by atoms with Crippen molar-refractivity contribution >= 4 is 37.5 Å². The molecule has 0 saturated heterocycles. The van der Waals surface area contributed by atoms with Crippen molar-refractivity contribution in [3.63, 3.8) is 0 Å². The molecular weight excluding hydrogens is 486 g/mol. The second kappa shape index (κ2) is 11.0. The number of fused-ring (bicyclic) bond motifs is 3. The summed E-state index contributed by atoms with van der Waals surface area (Å²) in [5.41, 5.74) is 3.87. The average Bonchev–Trinajstić information content (AvgIpc) is 3.26. The summed E-state index contributed by atoms with van der Waals surface area (Å²) < 4.78 is 33.5. The summed E-state index contributed by atoms with van der Waals surface area (Å²) in [5, 5.41) is 16.1. The Morgan fingerprint density at radius 3 is 2.49 bits per heavy atom. The molecule has 0 aliphatic rings. The molecule has 5 rings (SSSR count). The number of benzene rings is 4. The van der Waals surface area contributed by atoms with Crippen LogP contribution < -0.4 is 14.8 Å². The molecule has 4 aromatic carbocycles. The normalized spacial score (nSPS) is 12.6. The van der Waals surface area contributed by atoms with E-state index in [2.05, 4.69) is 33.2 Å². The fourth-order valence-corrected chi connectivity index (χ4v) is 5.53. The largest absolute Gasteiger partial charge is 0.492 e. The molecule has 4 N–H and O–H groups in total. The maximum atomic E-state index is 12.5. The number of aliphatic hydroxyl groups is 1. The number of anilines is 1. The SMILES string of the molecule is O=S(=O)(Cc1ccccc1)Nc1cccc(C(O)CNCCOc2ccc3c(c2)[nH]c2ccccc23)c1. The van der Waals surface area contributed by atoms with Crippen molar-refractivity contribution in [3.8, 4) is 5.75 Å². The summed E-state index contributed by atoms with van der Waals surface area (Å²) in [4.78, 5) is 3.41. The van der Waals surface area contributed by atoms with Crippen LogP contribution in [-0.2, 0) is 15.8 Å². The van der Waals surface area contributed by atoms with Crippen LogP contribution in [0.2, 0.25) is 0 Å². The molecule has 5 aromatic rings. The predicted molar refractivity (Wildman–Crippen MR) is 148 cm³/mol. The number of H-pyrrole nitrogens is 1. The van der Waals surface area contributed by atoms with E-state index in [0.717, 1.165) is 22.2 Å². The van der Waals surface area contributed by atoms with E-state index in [1.54, 1.807) is 36.4 Å². The second-order valence-electron chi connectivity index (χ2n) is 8.92. The zero-order chi connectivity index (χ0) is 25.7. The Bertz CT molecular complexity index is 1600. The van der Waals surface area contributed by atoms with E-state index < -0.39 is 16.1 Å². The lowest BCUT2D eigenvalue weighted by atomic mass is 10.1. The molecule has 0 spiro atoms. The molecule has 0 amide bonds. The number of aliphatic hydroxyl groups excluding tert-OH is 1. The van der Waals surface area contributed by atoms with Gasteiger partial charge in [-0.05, 0) is 41.5 Å². The fourth-order valence-electron chi connectivity index (χ4n) is 4.34. The molecule has 0 radical (unpaired) electrons. The number of rotatable bonds is 11. The summed E-state index contributed by atoms with van der Waals surface area (Å²) >= 11 is 0. The molecule has 37 heavy (non-hydrogen) atoms. The summed E-state index contributed by atoms with van der Waals surface area (Å²) in [6, 6.07) is 30.0. The van der Waals surface area contributed by atoms with Gasteiger partial charge < -0.3 is 20.1 Å². The number of para-hydroxylation sites is 1. The summed E-state index contributed by atoms with van der Waals surface area (Å²) in [6.45, 7) is 1.30. The number of hydrogen-bond donors (Lipinski definition) is 4. The van der Waals surface area contributed by atoms with Gasteiger partial charge in [0.25, 0.3) is 0 Å². The first-order chi connectivity index (χ1) is 18.0. The van der Waals surface area contributed by atoms with Crippen LogP contribution in [0.15, 0.2) is 97.1 Å². The van der Waals surface area contributed by atoms with Gasteiger partial charge in [0.2, 0.25) is 10.0 Å². The van der Waals surface area contributed by atoms with E-state index in [1.807, 2.05) is 42.5 Å². The fraction of sp³-hybridized carbons (Fsp3) is 0.172. The first kappa shape index (κ1) is 24.8. The zero-order valence-corrected chi connectivity index (χ0v) is 21.0. The van der Waals surface area contributed by atoms with E-state index in [1.165, 1.54) is 5.39 Å². The number of aromatic amines is 1. The first-order valence-corrected chi connectivity index (χ1v) is 13.8. The van der Waals surface area contributed by atoms with Gasteiger partial charge in [-0.25, -0.2) is 8.42 Å². The van der Waals surface area contributed by atoms with Gasteiger partial charge in [0, 0.05) is 41.1 Å². The Morgan fingerprint density at radius 1 is 0.838 bits per heavy atom. The van der Waals surface area contributed by atoms with Crippen molar-refractivity contribution in [3.05, 3.63) is 108 Å². The third-order valence-electron chi connectivity index (χ3n) is 6.11. The van der Waals surface area contributed by atoms with Gasteiger partial charge in [-0.2, -0.15) is 0 Å². The molecule has 1 unspecified atom stereocenters. The van der Waals surface area contributed by atoms with Crippen molar-refractivity contribution in [2.75, 3.05) is 24.4 Å². The van der Waals surface area contributed by atoms with Gasteiger partial charge in [-0.3, -0.25) is 4.72 Å². The Hall–Kier alpha value is -3.85. The highest BCUT2D eigenvalue weighted by Crippen LogP contribution is 2.28. The summed E-state index contributed by atoms with van der Waals surface area (Å²) in [6.07, 6.45) is -0.790. The molecule has 1 atom stereocenters. The molecular formula is C29H29N3O4S. The van der Waals surface area contributed by atoms with Crippen LogP contribution in [0.4, 0.5) is 5.69 Å². The highest BCUT2D eigenvalue weighted by molar-refractivity contribution is 7.91. The van der Waals surface area contributed by atoms with Crippen molar-refractivity contribution < 1.29 is 18.3 Å². The quantitative estimate of drug-likeness (QED) is 0.186. The lowest BCUT2D eigenvalue weighted by molar-refractivity contribution is 0.172. The second-order valence-corrected chi connectivity index (χ2v) is 10.6. The number of sulfonamides is 1. The molecule has 0 aliphatic carbocycles. The molecule has 0 saturated carbocycles. The molecule has 1 heterocycles. The molecule has 190 valence electrons. The maximum absolute atomic E-state index is 12.5. The molecule has 0 bridgehead atoms. The highest BCUT2D eigenvalue weighted by Gasteiger charge is 2.14. The zero-order valence-electron chi connectivity index (χ0n) is 20.2. The molecule has 1 aromatic heterocycles. The van der Waals surface area contributed by atoms with Crippen LogP contribution in [0.5, 0.6) is 5.75 Å². The molecule has 7 nitrogen and oxygen atoms in total. The van der Waals surface area contributed by atoms with E-state index >= 15 is 0 Å². The Morgan fingerprint density at radius 2 is 1.62 bits per heavy atom. The predicted octanol–water partition coefficient (Wildman–Crippen LogP) is 4.97. The van der Waals surface area contributed by atoms with Gasteiger partial charge in [-0.15, -0.1) is 0 Å². The van der Waals surface area contributed by atoms with Crippen LogP contribution in [0, 0.1) is 0 Å². The van der Waals surface area contributed by atoms with E-state index in [9.17, 15) is 13.5 Å². The maximum Gasteiger partial charge on any atom is 0.236 e. The van der Waals surface area contributed by atoms with E-state index in [4.69, 9.17) is 4.74 Å². The third-order valence-corrected chi connectivity index (χ3v) is 7.37. The van der Waals surface area contributed by atoms with Crippen molar-refractivity contribution in [2.24, 2.45) is 0 Å². The lowest BCUT2D eigenvalue weighted by Crippen LogP contribution is -2.26. The average molecular weight is 516 g/mol. The third kappa shape index (κ3) is 6.29. The monoisotopic (exact) mass is 515 g/mol. The minimum absolute atomic E-state index is 0.116. The Labute approximate surface area is 216 Å². The number of aromatic nitrogens is 1. The van der Waals surface area contributed by atoms with Crippen LogP contribution in [0.1, 0.15) is 17.2 Å². The van der Waals surface area contributed by atoms with Crippen LogP contribution in [0.25, 0.3) is 21.8 Å². The minimum Gasteiger partial charge on any atom is -0.492 e. The summed E-state index contributed by atoms with van der Waals surface area (Å²) in [7, 11) is -3.57. The number of nitrogens with one attached hydrogen (secondary N) is 3. The van der Waals surface area contributed by atoms with Crippen LogP contribution in [-0.4, -0.2) is 38.2 Å².